The van der Waals surface area contributed by atoms with E-state index in [-0.39, 0.29) is 5.56 Å². The molecule has 45 heavy (non-hydrogen) atoms. The predicted octanol–water partition coefficient (Wildman–Crippen LogP) is 5.01. The number of rotatable bonds is 8. The summed E-state index contributed by atoms with van der Waals surface area (Å²) in [5.74, 6) is -5.31. The number of sulfone groups is 1. The van der Waals surface area contributed by atoms with Crippen LogP contribution in [0.5, 0.6) is 5.75 Å². The third-order valence-electron chi connectivity index (χ3n) is 5.98. The lowest BCUT2D eigenvalue weighted by Crippen LogP contribution is -2.51. The Balaban J connectivity index is 2.05. The molecule has 0 saturated heterocycles. The molecule has 1 aliphatic rings. The van der Waals surface area contributed by atoms with Crippen LogP contribution in [0.15, 0.2) is 41.3 Å². The van der Waals surface area contributed by atoms with Crippen molar-refractivity contribution in [1.29, 1.82) is 0 Å². The summed E-state index contributed by atoms with van der Waals surface area (Å²) in [6, 6.07) is 3.48. The summed E-state index contributed by atoms with van der Waals surface area (Å²) in [4.78, 5) is 38.9. The Bertz CT molecular complexity index is 1540. The Morgan fingerprint density at radius 3 is 2.20 bits per heavy atom. The number of benzene rings is 2. The summed E-state index contributed by atoms with van der Waals surface area (Å²) in [5, 5.41) is 4.26. The molecule has 0 radical (unpaired) electrons. The van der Waals surface area contributed by atoms with Crippen molar-refractivity contribution in [1.82, 2.24) is 10.6 Å². The molecule has 0 fully saturated rings. The van der Waals surface area contributed by atoms with Gasteiger partial charge in [0.2, 0.25) is 0 Å². The molecule has 0 unspecified atom stereocenters. The minimum absolute atomic E-state index is 0.126. The van der Waals surface area contributed by atoms with E-state index in [1.807, 2.05) is 0 Å². The summed E-state index contributed by atoms with van der Waals surface area (Å²) in [7, 11) is -4.58. The molecule has 2 aromatic carbocycles. The number of anilines is 1. The summed E-state index contributed by atoms with van der Waals surface area (Å²) in [6.45, 7) is 3.46. The molecule has 1 aliphatic heterocycles. The van der Waals surface area contributed by atoms with Gasteiger partial charge in [-0.25, -0.2) is 17.6 Å². The van der Waals surface area contributed by atoms with E-state index in [1.54, 1.807) is 0 Å². The summed E-state index contributed by atoms with van der Waals surface area (Å²) in [5.41, 5.74) is -2.25. The molecule has 0 saturated carbocycles. The lowest BCUT2D eigenvalue weighted by Gasteiger charge is -2.27. The van der Waals surface area contributed by atoms with Crippen LogP contribution in [0.25, 0.3) is 0 Å². The fourth-order valence-electron chi connectivity index (χ4n) is 4.15. The van der Waals surface area contributed by atoms with Gasteiger partial charge in [0.1, 0.15) is 23.2 Å². The Kier molecular flexibility index (Phi) is 10.3. The van der Waals surface area contributed by atoms with Crippen LogP contribution in [0.2, 0.25) is 0 Å². The maximum atomic E-state index is 15.1. The van der Waals surface area contributed by atoms with Crippen LogP contribution in [0.1, 0.15) is 49.5 Å². The smallest absolute Gasteiger partial charge is 0.444 e. The molecule has 1 atom stereocenters. The zero-order valence-electron chi connectivity index (χ0n) is 23.9. The highest BCUT2D eigenvalue weighted by Gasteiger charge is 2.40. The number of nitrogens with one attached hydrogen (secondary N) is 2. The van der Waals surface area contributed by atoms with E-state index >= 15 is 4.39 Å². The van der Waals surface area contributed by atoms with Crippen molar-refractivity contribution >= 4 is 33.4 Å². The summed E-state index contributed by atoms with van der Waals surface area (Å²) < 4.78 is 126. The first-order valence-electron chi connectivity index (χ1n) is 13.1. The zero-order valence-corrected chi connectivity index (χ0v) is 24.8. The highest BCUT2D eigenvalue weighted by atomic mass is 32.2. The minimum Gasteiger partial charge on any atom is -0.444 e. The van der Waals surface area contributed by atoms with E-state index < -0.39 is 111 Å². The standard InChI is InChI=1S/C27H28F7N3O7S/c1-25(2,3)44-24(40)36-19-14-45(41,42)21-12-18(28)17(22(38)35-10-4-9-26(29,30)31)11-20(21)37(23(19)39)13-15-5-7-16(8-6-15)43-27(32,33)34/h5-8,11-12,19H,4,9-10,13-14H2,1-3H3,(H,35,38)(H,36,40)/t19-/m0/s1. The predicted molar refractivity (Wildman–Crippen MR) is 144 cm³/mol. The number of amides is 3. The first-order valence-corrected chi connectivity index (χ1v) is 14.8. The number of alkyl carbamates (subject to hydrolysis) is 1. The van der Waals surface area contributed by atoms with Crippen molar-refractivity contribution in [2.75, 3.05) is 17.2 Å². The molecule has 0 bridgehead atoms. The first kappa shape index (κ1) is 35.4. The average Bonchev–Trinajstić information content (AvgIpc) is 2.93. The molecule has 2 N–H and O–H groups in total. The molecule has 0 spiro atoms. The summed E-state index contributed by atoms with van der Waals surface area (Å²) in [6.07, 6.45) is -12.4. The normalized spacial score (nSPS) is 16.8. The van der Waals surface area contributed by atoms with E-state index in [0.717, 1.165) is 35.2 Å². The van der Waals surface area contributed by atoms with Gasteiger partial charge in [-0.15, -0.1) is 13.2 Å². The quantitative estimate of drug-likeness (QED) is 0.298. The maximum Gasteiger partial charge on any atom is 0.573 e. The van der Waals surface area contributed by atoms with Gasteiger partial charge in [-0.05, 0) is 57.0 Å². The number of nitrogens with zero attached hydrogens (tertiary/aromatic N) is 1. The van der Waals surface area contributed by atoms with E-state index in [2.05, 4.69) is 15.4 Å². The molecule has 1 heterocycles. The van der Waals surface area contributed by atoms with Crippen LogP contribution in [0, 0.1) is 5.82 Å². The first-order chi connectivity index (χ1) is 20.5. The molecule has 10 nitrogen and oxygen atoms in total. The Hall–Kier alpha value is -4.09. The molecular weight excluding hydrogens is 643 g/mol. The van der Waals surface area contributed by atoms with Gasteiger partial charge in [-0.2, -0.15) is 13.2 Å². The number of carbonyl (C=O) groups excluding carboxylic acids is 3. The van der Waals surface area contributed by atoms with Gasteiger partial charge in [0.25, 0.3) is 11.8 Å². The van der Waals surface area contributed by atoms with Gasteiger partial charge < -0.3 is 25.0 Å². The van der Waals surface area contributed by atoms with E-state index in [4.69, 9.17) is 4.74 Å². The van der Waals surface area contributed by atoms with Crippen molar-refractivity contribution in [2.45, 2.75) is 69.2 Å². The van der Waals surface area contributed by atoms with Gasteiger partial charge in [-0.3, -0.25) is 9.59 Å². The molecular formula is C27H28F7N3O7S. The molecule has 3 rings (SSSR count). The number of fused-ring (bicyclic) bond motifs is 1. The van der Waals surface area contributed by atoms with Gasteiger partial charge in [0, 0.05) is 13.0 Å². The molecule has 3 amide bonds. The van der Waals surface area contributed by atoms with Crippen molar-refractivity contribution in [3.63, 3.8) is 0 Å². The van der Waals surface area contributed by atoms with Crippen LogP contribution < -0.4 is 20.3 Å². The SMILES string of the molecule is CC(C)(C)OC(=O)N[C@H]1CS(=O)(=O)c2cc(F)c(C(=O)NCCCC(F)(F)F)cc2N(Cc2ccc(OC(F)(F)F)cc2)C1=O. The fourth-order valence-corrected chi connectivity index (χ4v) is 5.76. The number of alkyl halides is 6. The van der Waals surface area contributed by atoms with Crippen molar-refractivity contribution in [3.8, 4) is 5.75 Å². The molecule has 18 heteroatoms. The van der Waals surface area contributed by atoms with Crippen molar-refractivity contribution in [2.24, 2.45) is 0 Å². The Morgan fingerprint density at radius 2 is 1.64 bits per heavy atom. The van der Waals surface area contributed by atoms with Gasteiger partial charge in [-0.1, -0.05) is 12.1 Å². The lowest BCUT2D eigenvalue weighted by molar-refractivity contribution is -0.274. The monoisotopic (exact) mass is 671 g/mol. The highest BCUT2D eigenvalue weighted by molar-refractivity contribution is 7.91. The van der Waals surface area contributed by atoms with Gasteiger partial charge >= 0.3 is 18.6 Å². The third kappa shape index (κ3) is 10.2. The average molecular weight is 672 g/mol. The third-order valence-corrected chi connectivity index (χ3v) is 7.75. The zero-order chi connectivity index (χ0) is 34.0. The maximum absolute atomic E-state index is 15.1. The Labute approximate surface area is 252 Å². The van der Waals surface area contributed by atoms with Crippen molar-refractivity contribution < 1.29 is 63.0 Å². The number of hydrogen-bond acceptors (Lipinski definition) is 7. The van der Waals surface area contributed by atoms with E-state index in [1.165, 1.54) is 20.8 Å². The van der Waals surface area contributed by atoms with Crippen LogP contribution in [-0.2, 0) is 25.9 Å². The topological polar surface area (TPSA) is 131 Å². The fraction of sp³-hybridized carbons (Fsp3) is 0.444. The number of carbonyl (C=O) groups is 3. The number of hydrogen-bond donors (Lipinski definition) is 2. The highest BCUT2D eigenvalue weighted by Crippen LogP contribution is 2.35. The molecule has 0 aromatic heterocycles. The van der Waals surface area contributed by atoms with Crippen molar-refractivity contribution in [3.05, 3.63) is 53.3 Å². The summed E-state index contributed by atoms with van der Waals surface area (Å²) >= 11 is 0. The van der Waals surface area contributed by atoms with Crippen LogP contribution >= 0.6 is 0 Å². The second-order valence-electron chi connectivity index (χ2n) is 10.9. The molecule has 2 aromatic rings. The molecule has 248 valence electrons. The van der Waals surface area contributed by atoms with Gasteiger partial charge in [0.05, 0.1) is 28.4 Å². The van der Waals surface area contributed by atoms with Crippen LogP contribution in [0.4, 0.5) is 41.2 Å². The van der Waals surface area contributed by atoms with Crippen LogP contribution in [0.3, 0.4) is 0 Å². The second kappa shape index (κ2) is 13.1. The second-order valence-corrected chi connectivity index (χ2v) is 12.9. The van der Waals surface area contributed by atoms with Crippen LogP contribution in [-0.4, -0.2) is 62.8 Å². The van der Waals surface area contributed by atoms with E-state index in [9.17, 15) is 49.1 Å². The largest absolute Gasteiger partial charge is 0.573 e. The Morgan fingerprint density at radius 1 is 1.02 bits per heavy atom. The van der Waals surface area contributed by atoms with Gasteiger partial charge in [0.15, 0.2) is 9.84 Å². The number of halogens is 7. The van der Waals surface area contributed by atoms with E-state index in [0.29, 0.717) is 6.07 Å². The number of ether oxygens (including phenoxy) is 2. The minimum atomic E-state index is -5.00. The lowest BCUT2D eigenvalue weighted by atomic mass is 10.1. The molecule has 0 aliphatic carbocycles.